The molecule has 0 unspecified atom stereocenters. The van der Waals surface area contributed by atoms with E-state index in [0.29, 0.717) is 40.9 Å². The van der Waals surface area contributed by atoms with E-state index < -0.39 is 42.8 Å². The van der Waals surface area contributed by atoms with Crippen molar-refractivity contribution in [1.29, 1.82) is 0 Å². The lowest BCUT2D eigenvalue weighted by molar-refractivity contribution is 0.102. The summed E-state index contributed by atoms with van der Waals surface area (Å²) >= 11 is 0. The average Bonchev–Trinajstić information content (AvgIpc) is 3.84. The second-order valence-corrected chi connectivity index (χ2v) is 16.3. The second kappa shape index (κ2) is 10.9. The summed E-state index contributed by atoms with van der Waals surface area (Å²) in [6.07, 6.45) is 5.21. The Morgan fingerprint density at radius 1 is 0.952 bits per heavy atom. The van der Waals surface area contributed by atoms with Crippen molar-refractivity contribution >= 4 is 43.0 Å². The highest BCUT2D eigenvalue weighted by Gasteiger charge is 2.54. The third kappa shape index (κ3) is 6.59. The number of rotatable bonds is 8. The predicted octanol–water partition coefficient (Wildman–Crippen LogP) is 3.67. The van der Waals surface area contributed by atoms with Crippen molar-refractivity contribution in [2.75, 3.05) is 34.6 Å². The third-order valence-electron chi connectivity index (χ3n) is 8.07. The van der Waals surface area contributed by atoms with Gasteiger partial charge in [0.2, 0.25) is 20.0 Å². The number of nitrogens with zero attached hydrogens (tertiary/aromatic N) is 1. The highest BCUT2D eigenvalue weighted by atomic mass is 32.2. The van der Waals surface area contributed by atoms with Crippen LogP contribution in [0.1, 0.15) is 69.7 Å². The van der Waals surface area contributed by atoms with Gasteiger partial charge in [0.25, 0.3) is 5.91 Å². The van der Waals surface area contributed by atoms with E-state index in [2.05, 4.69) is 31.5 Å². The van der Waals surface area contributed by atoms with Gasteiger partial charge in [-0.15, -0.1) is 0 Å². The lowest BCUT2D eigenvalue weighted by atomic mass is 9.93. The first kappa shape index (κ1) is 30.4. The molecule has 1 heterocycles. The molecule has 0 bridgehead atoms. The van der Waals surface area contributed by atoms with E-state index in [-0.39, 0.29) is 4.90 Å². The van der Waals surface area contributed by atoms with Gasteiger partial charge in [-0.2, -0.15) is 0 Å². The molecule has 5 rings (SSSR count). The van der Waals surface area contributed by atoms with Crippen LogP contribution in [0, 0.1) is 17.3 Å². The first-order valence-corrected chi connectivity index (χ1v) is 17.1. The van der Waals surface area contributed by atoms with Crippen LogP contribution in [-0.2, 0) is 20.0 Å². The van der Waals surface area contributed by atoms with Crippen molar-refractivity contribution in [2.45, 2.75) is 74.5 Å². The number of amides is 1. The zero-order valence-corrected chi connectivity index (χ0v) is 25.8. The number of nitrogens with one attached hydrogen (secondary N) is 3. The Morgan fingerprint density at radius 2 is 1.64 bits per heavy atom. The van der Waals surface area contributed by atoms with Crippen LogP contribution in [-0.4, -0.2) is 57.8 Å². The van der Waals surface area contributed by atoms with Gasteiger partial charge in [0, 0.05) is 24.3 Å². The Hall–Kier alpha value is -3.11. The molecule has 1 aliphatic heterocycles. The van der Waals surface area contributed by atoms with Crippen LogP contribution in [0.25, 0.3) is 0 Å². The number of anilines is 3. The van der Waals surface area contributed by atoms with E-state index in [4.69, 9.17) is 5.11 Å². The third-order valence-corrected chi connectivity index (χ3v) is 11.9. The van der Waals surface area contributed by atoms with Crippen LogP contribution < -0.4 is 19.7 Å². The number of aliphatic hydroxyl groups excluding tert-OH is 1. The lowest BCUT2D eigenvalue weighted by Gasteiger charge is -2.35. The average molecular weight is 615 g/mol. The van der Waals surface area contributed by atoms with Gasteiger partial charge >= 0.3 is 0 Å². The largest absolute Gasteiger partial charge is 0.384 e. The first-order valence-electron chi connectivity index (χ1n) is 14.1. The van der Waals surface area contributed by atoms with Crippen LogP contribution in [0.2, 0.25) is 0 Å². The maximum atomic E-state index is 13.6. The monoisotopic (exact) mass is 614 g/mol. The first-order chi connectivity index (χ1) is 19.7. The Bertz CT molecular complexity index is 1650. The van der Waals surface area contributed by atoms with Crippen LogP contribution in [0.15, 0.2) is 47.4 Å². The van der Waals surface area contributed by atoms with Crippen molar-refractivity contribution < 1.29 is 26.7 Å². The van der Waals surface area contributed by atoms with Gasteiger partial charge in [0.15, 0.2) is 4.75 Å². The SMILES string of the molecule is CC(C)(C)NS(=O)(=O)c1cccc(NC(=O)c2ccc(NS(=O)(=O)C3(C#CCO)CC3)cc2N2CCC3(CC2)CC3)c1. The quantitative estimate of drug-likeness (QED) is 0.332. The molecule has 10 nitrogen and oxygen atoms in total. The molecule has 4 N–H and O–H groups in total. The molecule has 0 atom stereocenters. The van der Waals surface area contributed by atoms with Gasteiger partial charge in [-0.25, -0.2) is 21.6 Å². The molecule has 1 saturated heterocycles. The van der Waals surface area contributed by atoms with Crippen molar-refractivity contribution in [1.82, 2.24) is 4.72 Å². The van der Waals surface area contributed by atoms with Gasteiger partial charge in [-0.05, 0) is 101 Å². The zero-order chi connectivity index (χ0) is 30.4. The Balaban J connectivity index is 1.42. The smallest absolute Gasteiger partial charge is 0.257 e. The van der Waals surface area contributed by atoms with E-state index >= 15 is 0 Å². The van der Waals surface area contributed by atoms with E-state index in [0.717, 1.165) is 25.9 Å². The highest BCUT2D eigenvalue weighted by Crippen LogP contribution is 2.54. The van der Waals surface area contributed by atoms with Gasteiger partial charge in [0.1, 0.15) is 6.61 Å². The molecule has 42 heavy (non-hydrogen) atoms. The van der Waals surface area contributed by atoms with Crippen LogP contribution >= 0.6 is 0 Å². The Labute approximate surface area is 248 Å². The van der Waals surface area contributed by atoms with Gasteiger partial charge in [0.05, 0.1) is 21.8 Å². The molecule has 12 heteroatoms. The maximum Gasteiger partial charge on any atom is 0.257 e. The van der Waals surface area contributed by atoms with Crippen LogP contribution in [0.5, 0.6) is 0 Å². The molecule has 1 amide bonds. The molecule has 226 valence electrons. The second-order valence-electron chi connectivity index (χ2n) is 12.6. The summed E-state index contributed by atoms with van der Waals surface area (Å²) in [4.78, 5) is 15.8. The molecule has 1 spiro atoms. The molecule has 2 aromatic carbocycles. The predicted molar refractivity (Wildman–Crippen MR) is 163 cm³/mol. The zero-order valence-electron chi connectivity index (χ0n) is 24.2. The van der Waals surface area contributed by atoms with E-state index in [1.807, 2.05) is 0 Å². The number of hydrogen-bond donors (Lipinski definition) is 4. The molecule has 3 fully saturated rings. The molecule has 2 aromatic rings. The van der Waals surface area contributed by atoms with Crippen LogP contribution in [0.4, 0.5) is 17.1 Å². The molecule has 3 aliphatic rings. The van der Waals surface area contributed by atoms with Gasteiger partial charge in [-0.1, -0.05) is 17.9 Å². The number of carbonyl (C=O) groups is 1. The van der Waals surface area contributed by atoms with Crippen molar-refractivity contribution in [3.05, 3.63) is 48.0 Å². The van der Waals surface area contributed by atoms with E-state index in [9.17, 15) is 21.6 Å². The van der Waals surface area contributed by atoms with Crippen LogP contribution in [0.3, 0.4) is 0 Å². The topological polar surface area (TPSA) is 145 Å². The van der Waals surface area contributed by atoms with E-state index in [1.54, 1.807) is 51.1 Å². The number of piperidine rings is 1. The minimum Gasteiger partial charge on any atom is -0.384 e. The molecular weight excluding hydrogens is 576 g/mol. The fraction of sp³-hybridized carbons (Fsp3) is 0.500. The van der Waals surface area contributed by atoms with Gasteiger partial charge in [-0.3, -0.25) is 9.52 Å². The summed E-state index contributed by atoms with van der Waals surface area (Å²) in [5, 5.41) is 11.9. The summed E-state index contributed by atoms with van der Waals surface area (Å²) < 4.78 is 56.1. The number of aliphatic hydroxyl groups is 1. The summed E-state index contributed by atoms with van der Waals surface area (Å²) in [7, 11) is -7.67. The van der Waals surface area contributed by atoms with Gasteiger partial charge < -0.3 is 15.3 Å². The fourth-order valence-corrected chi connectivity index (χ4v) is 8.32. The molecule has 0 radical (unpaired) electrons. The maximum absolute atomic E-state index is 13.6. The Kier molecular flexibility index (Phi) is 7.85. The Morgan fingerprint density at radius 3 is 2.24 bits per heavy atom. The number of carbonyl (C=O) groups excluding carboxylic acids is 1. The summed E-state index contributed by atoms with van der Waals surface area (Å²) in [6.45, 7) is 6.33. The van der Waals surface area contributed by atoms with Crippen molar-refractivity contribution in [2.24, 2.45) is 5.41 Å². The lowest BCUT2D eigenvalue weighted by Crippen LogP contribution is -2.40. The summed E-state index contributed by atoms with van der Waals surface area (Å²) in [5.74, 6) is 4.73. The van der Waals surface area contributed by atoms with Crippen molar-refractivity contribution in [3.63, 3.8) is 0 Å². The van der Waals surface area contributed by atoms with Crippen molar-refractivity contribution in [3.8, 4) is 11.8 Å². The highest BCUT2D eigenvalue weighted by molar-refractivity contribution is 7.94. The standard InChI is InChI=1S/C30H38N4O6S2/c1-28(2,3)33-41(37,38)24-7-4-6-22(20-24)31-27(36)25-9-8-23(32-42(39,40)30(13-14-30)10-5-19-35)21-26(25)34-17-15-29(11-12-29)16-18-34/h4,6-9,20-21,32-33,35H,11-19H2,1-3H3,(H,31,36). The minimum absolute atomic E-state index is 0.0317. The minimum atomic E-state index is -3.86. The molecular formula is C30H38N4O6S2. The fourth-order valence-electron chi connectivity index (χ4n) is 5.38. The summed E-state index contributed by atoms with van der Waals surface area (Å²) in [5.41, 5.74) is 1.33. The number of sulfonamides is 2. The number of benzene rings is 2. The van der Waals surface area contributed by atoms with E-state index in [1.165, 1.54) is 25.0 Å². The number of hydrogen-bond acceptors (Lipinski definition) is 7. The molecule has 0 aromatic heterocycles. The molecule has 2 saturated carbocycles. The summed E-state index contributed by atoms with van der Waals surface area (Å²) in [6, 6.07) is 10.9. The molecule has 2 aliphatic carbocycles. The normalized spacial score (nSPS) is 19.0.